The molecule has 2 heteroatoms. The van der Waals surface area contributed by atoms with Crippen LogP contribution in [-0.2, 0) is 11.2 Å². The van der Waals surface area contributed by atoms with Gasteiger partial charge in [0.1, 0.15) is 12.0 Å². The highest BCUT2D eigenvalue weighted by atomic mass is 16.5. The number of hydrogen-bond acceptors (Lipinski definition) is 2. The number of rotatable bonds is 4. The topological polar surface area (TPSA) is 26.3 Å². The molecule has 0 aliphatic rings. The molecule has 0 fully saturated rings. The minimum Gasteiger partial charge on any atom is -0.497 e. The Labute approximate surface area is 101 Å². The molecular formula is C15H14O2. The van der Waals surface area contributed by atoms with Crippen LogP contribution in [0.5, 0.6) is 5.75 Å². The first kappa shape index (κ1) is 11.4. The molecule has 0 bridgehead atoms. The maximum absolute atomic E-state index is 10.5. The molecule has 0 saturated carbocycles. The van der Waals surface area contributed by atoms with Crippen LogP contribution in [-0.4, -0.2) is 13.4 Å². The van der Waals surface area contributed by atoms with Crippen LogP contribution in [0.4, 0.5) is 0 Å². The fourth-order valence-corrected chi connectivity index (χ4v) is 1.78. The maximum atomic E-state index is 10.5. The van der Waals surface area contributed by atoms with E-state index in [1.165, 1.54) is 0 Å². The second kappa shape index (κ2) is 5.30. The summed E-state index contributed by atoms with van der Waals surface area (Å²) in [7, 11) is 1.65. The van der Waals surface area contributed by atoms with Crippen molar-refractivity contribution in [3.8, 4) is 16.9 Å². The van der Waals surface area contributed by atoms with Crippen molar-refractivity contribution in [1.82, 2.24) is 0 Å². The summed E-state index contributed by atoms with van der Waals surface area (Å²) in [5, 5.41) is 0. The number of hydrogen-bond donors (Lipinski definition) is 0. The van der Waals surface area contributed by atoms with Gasteiger partial charge in [0.25, 0.3) is 0 Å². The molecule has 17 heavy (non-hydrogen) atoms. The van der Waals surface area contributed by atoms with Gasteiger partial charge in [0.15, 0.2) is 0 Å². The molecule has 2 aromatic rings. The highest BCUT2D eigenvalue weighted by molar-refractivity contribution is 5.67. The molecular weight excluding hydrogens is 212 g/mol. The molecule has 0 unspecified atom stereocenters. The third-order valence-electron chi connectivity index (χ3n) is 2.65. The molecule has 0 atom stereocenters. The van der Waals surface area contributed by atoms with Gasteiger partial charge in [0.2, 0.25) is 0 Å². The number of aldehydes is 1. The Morgan fingerprint density at radius 2 is 1.76 bits per heavy atom. The summed E-state index contributed by atoms with van der Waals surface area (Å²) in [6, 6.07) is 15.9. The normalized spacial score (nSPS) is 9.94. The number of methoxy groups -OCH3 is 1. The van der Waals surface area contributed by atoms with Crippen molar-refractivity contribution < 1.29 is 9.53 Å². The monoisotopic (exact) mass is 226 g/mol. The maximum Gasteiger partial charge on any atom is 0.124 e. The fourth-order valence-electron chi connectivity index (χ4n) is 1.78. The SMILES string of the molecule is COc1cccc(-c2cccc(CC=O)c2)c1. The van der Waals surface area contributed by atoms with Crippen molar-refractivity contribution in [2.75, 3.05) is 7.11 Å². The smallest absolute Gasteiger partial charge is 0.124 e. The minimum absolute atomic E-state index is 0.456. The van der Waals surface area contributed by atoms with E-state index in [1.54, 1.807) is 7.11 Å². The number of ether oxygens (including phenoxy) is 1. The van der Waals surface area contributed by atoms with Crippen LogP contribution in [0.25, 0.3) is 11.1 Å². The Bertz CT molecular complexity index is 518. The lowest BCUT2D eigenvalue weighted by Crippen LogP contribution is -1.87. The first-order valence-electron chi connectivity index (χ1n) is 5.50. The summed E-state index contributed by atoms with van der Waals surface area (Å²) >= 11 is 0. The molecule has 0 aliphatic carbocycles. The molecule has 86 valence electrons. The van der Waals surface area contributed by atoms with Crippen LogP contribution in [0.15, 0.2) is 48.5 Å². The summed E-state index contributed by atoms with van der Waals surface area (Å²) in [5.74, 6) is 0.836. The van der Waals surface area contributed by atoms with Crippen molar-refractivity contribution >= 4 is 6.29 Å². The van der Waals surface area contributed by atoms with Gasteiger partial charge in [-0.3, -0.25) is 0 Å². The number of carbonyl (C=O) groups excluding carboxylic acids is 1. The molecule has 2 rings (SSSR count). The van der Waals surface area contributed by atoms with E-state index in [2.05, 4.69) is 0 Å². The van der Waals surface area contributed by atoms with E-state index in [0.717, 1.165) is 28.7 Å². The highest BCUT2D eigenvalue weighted by Crippen LogP contribution is 2.24. The number of carbonyl (C=O) groups is 1. The predicted molar refractivity (Wildman–Crippen MR) is 68.2 cm³/mol. The molecule has 0 radical (unpaired) electrons. The van der Waals surface area contributed by atoms with Gasteiger partial charge in [-0.15, -0.1) is 0 Å². The second-order valence-electron chi connectivity index (χ2n) is 3.80. The standard InChI is InChI=1S/C15H14O2/c1-17-15-7-3-6-14(11-15)13-5-2-4-12(10-13)8-9-16/h2-7,9-11H,8H2,1H3. The van der Waals surface area contributed by atoms with Crippen LogP contribution >= 0.6 is 0 Å². The van der Waals surface area contributed by atoms with E-state index < -0.39 is 0 Å². The quantitative estimate of drug-likeness (QED) is 0.749. The van der Waals surface area contributed by atoms with Crippen LogP contribution in [0.3, 0.4) is 0 Å². The van der Waals surface area contributed by atoms with Gasteiger partial charge in [-0.25, -0.2) is 0 Å². The van der Waals surface area contributed by atoms with Gasteiger partial charge in [-0.1, -0.05) is 36.4 Å². The van der Waals surface area contributed by atoms with Gasteiger partial charge in [-0.2, -0.15) is 0 Å². The average molecular weight is 226 g/mol. The molecule has 2 aromatic carbocycles. The highest BCUT2D eigenvalue weighted by Gasteiger charge is 2.00. The van der Waals surface area contributed by atoms with Crippen LogP contribution in [0.1, 0.15) is 5.56 Å². The number of benzene rings is 2. The lowest BCUT2D eigenvalue weighted by atomic mass is 10.0. The van der Waals surface area contributed by atoms with Gasteiger partial charge >= 0.3 is 0 Å². The molecule has 0 spiro atoms. The third-order valence-corrected chi connectivity index (χ3v) is 2.65. The summed E-state index contributed by atoms with van der Waals surface area (Å²) < 4.78 is 5.20. The van der Waals surface area contributed by atoms with Gasteiger partial charge in [0.05, 0.1) is 7.11 Å². The summed E-state index contributed by atoms with van der Waals surface area (Å²) in [6.45, 7) is 0. The van der Waals surface area contributed by atoms with Gasteiger partial charge in [0, 0.05) is 6.42 Å². The summed E-state index contributed by atoms with van der Waals surface area (Å²) in [5.41, 5.74) is 3.22. The Balaban J connectivity index is 2.37. The zero-order chi connectivity index (χ0) is 12.1. The Morgan fingerprint density at radius 1 is 1.06 bits per heavy atom. The zero-order valence-electron chi connectivity index (χ0n) is 9.72. The molecule has 0 amide bonds. The van der Waals surface area contributed by atoms with E-state index in [1.807, 2.05) is 48.5 Å². The lowest BCUT2D eigenvalue weighted by Gasteiger charge is -2.06. The molecule has 2 nitrogen and oxygen atoms in total. The van der Waals surface area contributed by atoms with Crippen LogP contribution in [0, 0.1) is 0 Å². The molecule has 0 aliphatic heterocycles. The van der Waals surface area contributed by atoms with Crippen molar-refractivity contribution in [2.24, 2.45) is 0 Å². The lowest BCUT2D eigenvalue weighted by molar-refractivity contribution is -0.107. The Kier molecular flexibility index (Phi) is 3.55. The average Bonchev–Trinajstić information content (AvgIpc) is 2.40. The zero-order valence-corrected chi connectivity index (χ0v) is 9.72. The van der Waals surface area contributed by atoms with Crippen molar-refractivity contribution in [3.63, 3.8) is 0 Å². The minimum atomic E-state index is 0.456. The fraction of sp³-hybridized carbons (Fsp3) is 0.133. The summed E-state index contributed by atoms with van der Waals surface area (Å²) in [4.78, 5) is 10.5. The summed E-state index contributed by atoms with van der Waals surface area (Å²) in [6.07, 6.45) is 1.38. The predicted octanol–water partition coefficient (Wildman–Crippen LogP) is 3.10. The first-order valence-corrected chi connectivity index (χ1v) is 5.50. The van der Waals surface area contributed by atoms with Crippen molar-refractivity contribution in [2.45, 2.75) is 6.42 Å². The largest absolute Gasteiger partial charge is 0.497 e. The Morgan fingerprint density at radius 3 is 2.47 bits per heavy atom. The Hall–Kier alpha value is -2.09. The van der Waals surface area contributed by atoms with Crippen molar-refractivity contribution in [3.05, 3.63) is 54.1 Å². The van der Waals surface area contributed by atoms with Gasteiger partial charge < -0.3 is 9.53 Å². The molecule has 0 aromatic heterocycles. The van der Waals surface area contributed by atoms with E-state index in [9.17, 15) is 4.79 Å². The van der Waals surface area contributed by atoms with Crippen molar-refractivity contribution in [1.29, 1.82) is 0 Å². The van der Waals surface area contributed by atoms with Crippen LogP contribution < -0.4 is 4.74 Å². The van der Waals surface area contributed by atoms with Gasteiger partial charge in [-0.05, 0) is 28.8 Å². The molecule has 0 saturated heterocycles. The molecule has 0 heterocycles. The van der Waals surface area contributed by atoms with Crippen LogP contribution in [0.2, 0.25) is 0 Å². The van der Waals surface area contributed by atoms with E-state index >= 15 is 0 Å². The van der Waals surface area contributed by atoms with E-state index in [4.69, 9.17) is 4.74 Å². The first-order chi connectivity index (χ1) is 8.33. The third kappa shape index (κ3) is 2.72. The second-order valence-corrected chi connectivity index (χ2v) is 3.80. The van der Waals surface area contributed by atoms with E-state index in [0.29, 0.717) is 6.42 Å². The molecule has 0 N–H and O–H groups in total. The van der Waals surface area contributed by atoms with E-state index in [-0.39, 0.29) is 0 Å².